The van der Waals surface area contributed by atoms with Gasteiger partial charge in [-0.3, -0.25) is 18.8 Å². The number of aldehydes is 1. The van der Waals surface area contributed by atoms with Crippen LogP contribution in [-0.4, -0.2) is 245 Å². The SMILES string of the molecule is CC(C)(C)OC(=O)N1CCN2C(=O)N(CCCC(C)(C)C(=O)O)CC2C1.CC(C)(CCCN1CC2CCCCN2C1=O)C(=O)O.CC(C)(CO)CCCN1CC2CN(C(=O)OC(C)(C)C)CCN2C1=O.O=CC(F)(F)F.[2H]CC.[2H]CF.[2H]PC. The van der Waals surface area contributed by atoms with Gasteiger partial charge in [0.1, 0.15) is 11.2 Å². The fourth-order valence-corrected chi connectivity index (χ4v) is 9.52. The Balaban J connectivity index is 0.00000112. The molecule has 8 amide bonds. The number of aliphatic carboxylic acids is 2. The number of rotatable bonds is 15. The van der Waals surface area contributed by atoms with E-state index >= 15 is 0 Å². The van der Waals surface area contributed by atoms with E-state index in [1.165, 1.54) is 6.42 Å². The summed E-state index contributed by atoms with van der Waals surface area (Å²) in [6.45, 7) is 34.2. The van der Waals surface area contributed by atoms with Gasteiger partial charge in [-0.2, -0.15) is 13.2 Å². The van der Waals surface area contributed by atoms with Crippen molar-refractivity contribution in [1.82, 2.24) is 39.2 Å². The number of ether oxygens (including phenoxy) is 2. The fourth-order valence-electron chi connectivity index (χ4n) is 9.52. The second-order valence-corrected chi connectivity index (χ2v) is 24.7. The lowest BCUT2D eigenvalue weighted by Gasteiger charge is -2.37. The molecule has 0 aromatic rings. The Bertz CT molecular complexity index is 2090. The topological polar surface area (TPSA) is 242 Å². The number of carboxylic acids is 2. The van der Waals surface area contributed by atoms with Gasteiger partial charge in [0.25, 0.3) is 0 Å². The van der Waals surface area contributed by atoms with E-state index in [1.54, 1.807) is 49.3 Å². The minimum atomic E-state index is -4.64. The van der Waals surface area contributed by atoms with Crippen molar-refractivity contribution in [3.63, 3.8) is 0 Å². The third-order valence-electron chi connectivity index (χ3n) is 14.2. The maximum absolute atomic E-state index is 12.5. The Morgan fingerprint density at radius 1 is 0.622 bits per heavy atom. The second kappa shape index (κ2) is 34.7. The van der Waals surface area contributed by atoms with Gasteiger partial charge in [-0.05, 0) is 132 Å². The van der Waals surface area contributed by atoms with Crippen molar-refractivity contribution in [2.24, 2.45) is 16.2 Å². The number of hydrogen-bond acceptors (Lipinski definition) is 11. The number of amides is 8. The quantitative estimate of drug-likeness (QED) is 0.0787. The number of hydrogen-bond donors (Lipinski definition) is 3. The van der Waals surface area contributed by atoms with Gasteiger partial charge in [0, 0.05) is 93.1 Å². The van der Waals surface area contributed by atoms with Crippen molar-refractivity contribution in [1.29, 1.82) is 1.28 Å². The number of carboxylic acid groups (broad SMARTS) is 2. The summed E-state index contributed by atoms with van der Waals surface area (Å²) in [6, 6.07) is 0.602. The summed E-state index contributed by atoms with van der Waals surface area (Å²) in [5, 5.41) is 27.6. The van der Waals surface area contributed by atoms with Crippen molar-refractivity contribution in [2.45, 2.75) is 190 Å². The molecule has 6 rings (SSSR count). The number of carbonyl (C=O) groups excluding carboxylic acids is 6. The van der Waals surface area contributed by atoms with Crippen LogP contribution >= 0.6 is 9.18 Å². The van der Waals surface area contributed by atoms with Gasteiger partial charge in [-0.25, -0.2) is 24.0 Å². The number of piperidine rings is 1. The van der Waals surface area contributed by atoms with E-state index in [2.05, 4.69) is 0 Å². The van der Waals surface area contributed by atoms with Crippen LogP contribution < -0.4 is 0 Å². The molecule has 6 saturated heterocycles. The van der Waals surface area contributed by atoms with E-state index in [9.17, 15) is 61.3 Å². The molecule has 4 unspecified atom stereocenters. The van der Waals surface area contributed by atoms with Crippen LogP contribution in [-0.2, 0) is 23.9 Å². The molecule has 3 N–H and O–H groups in total. The average molecular weight is 1210 g/mol. The van der Waals surface area contributed by atoms with Crippen LogP contribution in [0.2, 0.25) is 0 Å². The normalized spacial score (nSPS) is 20.4. The van der Waals surface area contributed by atoms with Crippen LogP contribution in [0, 0.1) is 16.2 Å². The largest absolute Gasteiger partial charge is 0.481 e. The van der Waals surface area contributed by atoms with Crippen molar-refractivity contribution in [2.75, 3.05) is 106 Å². The van der Waals surface area contributed by atoms with E-state index in [1.807, 2.05) is 86.6 Å². The van der Waals surface area contributed by atoms with E-state index < -0.39 is 53.6 Å². The molecule has 0 bridgehead atoms. The first-order valence-electron chi connectivity index (χ1n) is 30.0. The van der Waals surface area contributed by atoms with E-state index in [0.717, 1.165) is 45.2 Å². The van der Waals surface area contributed by atoms with Gasteiger partial charge < -0.3 is 64.0 Å². The van der Waals surface area contributed by atoms with Gasteiger partial charge in [0.2, 0.25) is 6.29 Å². The Kier molecular flexibility index (Phi) is 30.2. The Morgan fingerprint density at radius 3 is 1.23 bits per heavy atom. The smallest absolute Gasteiger partial charge is 0.446 e. The summed E-state index contributed by atoms with van der Waals surface area (Å²) in [7, 11) is -0.667. The molecule has 0 saturated carbocycles. The molecule has 6 aliphatic rings. The first kappa shape index (κ1) is 71.3. The molecule has 0 spiro atoms. The lowest BCUT2D eigenvalue weighted by Crippen LogP contribution is -2.54. The molecule has 6 aliphatic heterocycles. The number of aliphatic hydroxyl groups excluding tert-OH is 1. The zero-order valence-electron chi connectivity index (χ0n) is 54.5. The highest BCUT2D eigenvalue weighted by atomic mass is 31.0. The van der Waals surface area contributed by atoms with Crippen LogP contribution in [0.1, 0.15) is 157 Å². The van der Waals surface area contributed by atoms with Crippen molar-refractivity contribution >= 4 is 57.7 Å². The molecule has 21 nitrogen and oxygen atoms in total. The highest BCUT2D eigenvalue weighted by Crippen LogP contribution is 2.30. The number of piperazine rings is 2. The lowest BCUT2D eigenvalue weighted by molar-refractivity contribution is -0.156. The lowest BCUT2D eigenvalue weighted by atomic mass is 9.88. The third kappa shape index (κ3) is 26.3. The van der Waals surface area contributed by atoms with Crippen molar-refractivity contribution < 1.29 is 83.5 Å². The molecule has 26 heteroatoms. The second-order valence-electron chi connectivity index (χ2n) is 24.7. The van der Waals surface area contributed by atoms with Gasteiger partial charge >= 0.3 is 48.4 Å². The molecule has 478 valence electrons. The summed E-state index contributed by atoms with van der Waals surface area (Å²) in [4.78, 5) is 107. The molecule has 0 aliphatic carbocycles. The van der Waals surface area contributed by atoms with Crippen LogP contribution in [0.15, 0.2) is 0 Å². The highest BCUT2D eigenvalue weighted by Gasteiger charge is 2.44. The van der Waals surface area contributed by atoms with Gasteiger partial charge in [0.15, 0.2) is 0 Å². The van der Waals surface area contributed by atoms with E-state index in [0.29, 0.717) is 113 Å². The number of alkyl halides is 4. The number of fused-ring (bicyclic) bond motifs is 3. The maximum atomic E-state index is 12.5. The first-order valence-corrected chi connectivity index (χ1v) is 29.1. The van der Waals surface area contributed by atoms with Gasteiger partial charge in [-0.1, -0.05) is 34.3 Å². The standard InChI is InChI=1S/C18H31N3O5.C18H33N3O4.C14H24N2O3.C2HF3O.C2H6.CH3F.CH5P/c1-17(2,3)26-16(25)20-9-10-21-13(12-20)11-19(15(21)24)8-6-7-18(4,5)14(22)23;1-17(2,3)25-16(24)20-9-10-21-14(12-20)11-19(15(21)23)8-6-7-18(4,5)13-22;1-14(2,12(17)18)7-5-8-15-10-11-6-3-4-9-16(11)13(15)19;3-2(4,5)1-6;3*1-2/h13H,6-12H2,1-5H3,(H,22,23);14,22H,6-13H2,1-5H3;11H,3-10H2,1-2H3,(H,17,18);1H;1-2H3;1H3;2H2,1H3/i;;;;2*1D;2D. The van der Waals surface area contributed by atoms with E-state index in [-0.39, 0.29) is 54.4 Å². The molecule has 6 fully saturated rings. The molecule has 82 heavy (non-hydrogen) atoms. The minimum Gasteiger partial charge on any atom is -0.481 e. The predicted octanol–water partition coefficient (Wildman–Crippen LogP) is 9.39. The molecule has 0 aromatic carbocycles. The van der Waals surface area contributed by atoms with Crippen molar-refractivity contribution in [3.8, 4) is 0 Å². The summed E-state index contributed by atoms with van der Waals surface area (Å²) < 4.78 is 70.1. The van der Waals surface area contributed by atoms with Crippen LogP contribution in [0.3, 0.4) is 0 Å². The molecule has 6 heterocycles. The monoisotopic (exact) mass is 1210 g/mol. The minimum absolute atomic E-state index is 0.0213. The number of nitrogens with zero attached hydrogens (tertiary/aromatic N) is 8. The summed E-state index contributed by atoms with van der Waals surface area (Å²) in [6.07, 6.45) is 1.36. The number of aliphatic hydroxyl groups is 1. The molecular formula is C56H103F4N8O13P. The van der Waals surface area contributed by atoms with Crippen LogP contribution in [0.25, 0.3) is 0 Å². The molecule has 0 radical (unpaired) electrons. The first-order chi connectivity index (χ1) is 39.1. The molecule has 0 aromatic heterocycles. The maximum Gasteiger partial charge on any atom is 0.446 e. The van der Waals surface area contributed by atoms with Gasteiger partial charge in [-0.15, -0.1) is 9.18 Å². The Labute approximate surface area is 492 Å². The number of carbonyl (C=O) groups is 8. The number of urea groups is 3. The average Bonchev–Trinajstić information content (AvgIpc) is 4.07. The van der Waals surface area contributed by atoms with Crippen LogP contribution in [0.4, 0.5) is 41.5 Å². The predicted molar refractivity (Wildman–Crippen MR) is 309 cm³/mol. The molecule has 4 atom stereocenters. The molecular weight excluding hydrogens is 1100 g/mol. The zero-order valence-corrected chi connectivity index (χ0v) is 52.5. The Hall–Kier alpha value is -4.93. The summed E-state index contributed by atoms with van der Waals surface area (Å²) >= 11 is 0. The van der Waals surface area contributed by atoms with Crippen molar-refractivity contribution in [3.05, 3.63) is 0 Å². The zero-order chi connectivity index (χ0) is 65.9. The summed E-state index contributed by atoms with van der Waals surface area (Å²) in [5.74, 6) is -1.59. The third-order valence-corrected chi connectivity index (χ3v) is 14.2. The summed E-state index contributed by atoms with van der Waals surface area (Å²) in [5.41, 5.74) is -2.64. The highest BCUT2D eigenvalue weighted by molar-refractivity contribution is 7.15. The fraction of sp³-hybridized carbons (Fsp3) is 0.857. The van der Waals surface area contributed by atoms with Gasteiger partial charge in [0.05, 0.1) is 38.8 Å². The van der Waals surface area contributed by atoms with E-state index in [4.69, 9.17) is 23.4 Å². The van der Waals surface area contributed by atoms with Crippen LogP contribution in [0.5, 0.6) is 0 Å². The number of halogens is 4. The Morgan fingerprint density at radius 2 is 0.939 bits per heavy atom.